The lowest BCUT2D eigenvalue weighted by Gasteiger charge is -2.12. The first-order valence-electron chi connectivity index (χ1n) is 3.83. The molecule has 0 aromatic heterocycles. The van der Waals surface area contributed by atoms with E-state index >= 15 is 0 Å². The van der Waals surface area contributed by atoms with Crippen LogP contribution >= 0.6 is 22.6 Å². The predicted molar refractivity (Wildman–Crippen MR) is 59.4 cm³/mol. The molecule has 0 aliphatic heterocycles. The summed E-state index contributed by atoms with van der Waals surface area (Å²) in [5.41, 5.74) is 0. The average Bonchev–Trinajstić information content (AvgIpc) is 2.21. The van der Waals surface area contributed by atoms with E-state index in [1.54, 1.807) is 0 Å². The summed E-state index contributed by atoms with van der Waals surface area (Å²) in [6, 6.07) is -0.669. The van der Waals surface area contributed by atoms with Gasteiger partial charge in [0.15, 0.2) is 0 Å². The van der Waals surface area contributed by atoms with Gasteiger partial charge in [0.05, 0.1) is 7.11 Å². The summed E-state index contributed by atoms with van der Waals surface area (Å²) in [7, 11) is 1.26. The fourth-order valence-electron chi connectivity index (χ4n) is 0.621. The van der Waals surface area contributed by atoms with Crippen molar-refractivity contribution in [2.45, 2.75) is 6.04 Å². The number of nitrogens with one attached hydrogen (secondary N) is 1. The van der Waals surface area contributed by atoms with Crippen LogP contribution in [-0.2, 0) is 14.3 Å². The number of halogens is 1. The zero-order valence-corrected chi connectivity index (χ0v) is 9.94. The fraction of sp³-hybridized carbons (Fsp3) is 0.500. The van der Waals surface area contributed by atoms with Crippen LogP contribution in [0, 0.1) is 0 Å². The number of carbonyl (C=O) groups excluding carboxylic acids is 2. The van der Waals surface area contributed by atoms with Crippen LogP contribution in [0.2, 0.25) is 0 Å². The Kier molecular flexibility index (Phi) is 7.17. The second-order valence-corrected chi connectivity index (χ2v) is 3.14. The summed E-state index contributed by atoms with van der Waals surface area (Å²) in [6.45, 7) is 3.50. The number of amides is 1. The van der Waals surface area contributed by atoms with Crippen molar-refractivity contribution in [1.29, 1.82) is 0 Å². The van der Waals surface area contributed by atoms with E-state index in [1.165, 1.54) is 13.2 Å². The zero-order chi connectivity index (χ0) is 11.0. The maximum Gasteiger partial charge on any atom is 0.408 e. The van der Waals surface area contributed by atoms with Gasteiger partial charge in [-0.15, -0.1) is 0 Å². The van der Waals surface area contributed by atoms with Gasteiger partial charge in [-0.05, 0) is 0 Å². The first-order chi connectivity index (χ1) is 6.65. The van der Waals surface area contributed by atoms with Gasteiger partial charge in [-0.3, -0.25) is 0 Å². The van der Waals surface area contributed by atoms with Crippen molar-refractivity contribution >= 4 is 34.7 Å². The second-order valence-electron chi connectivity index (χ2n) is 2.26. The fourth-order valence-corrected chi connectivity index (χ4v) is 1.20. The lowest BCUT2D eigenvalue weighted by atomic mass is 10.3. The van der Waals surface area contributed by atoms with Crippen molar-refractivity contribution in [3.63, 3.8) is 0 Å². The highest BCUT2D eigenvalue weighted by Crippen LogP contribution is 1.95. The van der Waals surface area contributed by atoms with Gasteiger partial charge in [0.25, 0.3) is 0 Å². The Labute approximate surface area is 96.0 Å². The largest absolute Gasteiger partial charge is 0.467 e. The SMILES string of the molecule is C=CCOC(=O)NC(CI)C(=O)OC. The van der Waals surface area contributed by atoms with Crippen molar-refractivity contribution < 1.29 is 19.1 Å². The van der Waals surface area contributed by atoms with Gasteiger partial charge in [-0.1, -0.05) is 35.2 Å². The quantitative estimate of drug-likeness (QED) is 0.354. The molecule has 1 atom stereocenters. The molecule has 1 N–H and O–H groups in total. The number of rotatable bonds is 5. The number of carbonyl (C=O) groups is 2. The molecule has 80 valence electrons. The number of alkyl carbamates (subject to hydrolysis) is 1. The van der Waals surface area contributed by atoms with E-state index in [9.17, 15) is 9.59 Å². The van der Waals surface area contributed by atoms with Crippen LogP contribution in [0.3, 0.4) is 0 Å². The minimum absolute atomic E-state index is 0.112. The van der Waals surface area contributed by atoms with Crippen LogP contribution in [-0.4, -0.2) is 36.2 Å². The van der Waals surface area contributed by atoms with Crippen molar-refractivity contribution in [3.05, 3.63) is 12.7 Å². The molecule has 0 aromatic rings. The highest BCUT2D eigenvalue weighted by atomic mass is 127. The van der Waals surface area contributed by atoms with E-state index in [0.29, 0.717) is 4.43 Å². The summed E-state index contributed by atoms with van der Waals surface area (Å²) >= 11 is 1.97. The Morgan fingerprint density at radius 3 is 2.71 bits per heavy atom. The molecule has 0 radical (unpaired) electrons. The van der Waals surface area contributed by atoms with Gasteiger partial charge in [0, 0.05) is 4.43 Å². The first kappa shape index (κ1) is 13.2. The van der Waals surface area contributed by atoms with Gasteiger partial charge >= 0.3 is 12.1 Å². The van der Waals surface area contributed by atoms with Gasteiger partial charge in [0.1, 0.15) is 12.6 Å². The summed E-state index contributed by atoms with van der Waals surface area (Å²) < 4.78 is 9.54. The molecular formula is C8H12INO4. The van der Waals surface area contributed by atoms with E-state index in [4.69, 9.17) is 0 Å². The number of ether oxygens (including phenoxy) is 2. The molecule has 0 rings (SSSR count). The molecule has 0 aliphatic carbocycles. The van der Waals surface area contributed by atoms with Crippen LogP contribution in [0.15, 0.2) is 12.7 Å². The summed E-state index contributed by atoms with van der Waals surface area (Å²) in [6.07, 6.45) is 0.786. The van der Waals surface area contributed by atoms with Crippen molar-refractivity contribution in [3.8, 4) is 0 Å². The van der Waals surface area contributed by atoms with Gasteiger partial charge in [-0.25, -0.2) is 9.59 Å². The molecule has 0 saturated heterocycles. The highest BCUT2D eigenvalue weighted by Gasteiger charge is 2.20. The van der Waals surface area contributed by atoms with E-state index in [2.05, 4.69) is 21.4 Å². The summed E-state index contributed by atoms with van der Waals surface area (Å²) in [4.78, 5) is 22.0. The first-order valence-corrected chi connectivity index (χ1v) is 5.36. The number of esters is 1. The van der Waals surface area contributed by atoms with Crippen LogP contribution < -0.4 is 5.32 Å². The Morgan fingerprint density at radius 1 is 1.64 bits per heavy atom. The number of hydrogen-bond donors (Lipinski definition) is 1. The zero-order valence-electron chi connectivity index (χ0n) is 7.79. The molecule has 0 aromatic carbocycles. The minimum atomic E-state index is -0.669. The third-order valence-corrected chi connectivity index (χ3v) is 2.15. The Balaban J connectivity index is 3.98. The second kappa shape index (κ2) is 7.60. The van der Waals surface area contributed by atoms with E-state index < -0.39 is 18.1 Å². The van der Waals surface area contributed by atoms with Crippen molar-refractivity contribution in [2.75, 3.05) is 18.1 Å². The maximum absolute atomic E-state index is 11.0. The number of hydrogen-bond acceptors (Lipinski definition) is 4. The van der Waals surface area contributed by atoms with Crippen LogP contribution in [0.1, 0.15) is 0 Å². The lowest BCUT2D eigenvalue weighted by molar-refractivity contribution is -0.142. The number of methoxy groups -OCH3 is 1. The van der Waals surface area contributed by atoms with Gasteiger partial charge in [-0.2, -0.15) is 0 Å². The van der Waals surface area contributed by atoms with Gasteiger partial charge < -0.3 is 14.8 Å². The smallest absolute Gasteiger partial charge is 0.408 e. The van der Waals surface area contributed by atoms with E-state index in [0.717, 1.165) is 0 Å². The number of alkyl halides is 1. The molecule has 0 aliphatic rings. The molecule has 1 unspecified atom stereocenters. The average molecular weight is 313 g/mol. The maximum atomic E-state index is 11.0. The van der Waals surface area contributed by atoms with E-state index in [1.807, 2.05) is 22.6 Å². The molecule has 0 spiro atoms. The minimum Gasteiger partial charge on any atom is -0.467 e. The van der Waals surface area contributed by atoms with Crippen molar-refractivity contribution in [1.82, 2.24) is 5.32 Å². The molecule has 6 heteroatoms. The topological polar surface area (TPSA) is 64.6 Å². The molecule has 1 amide bonds. The summed E-state index contributed by atoms with van der Waals surface area (Å²) in [5, 5.41) is 2.36. The highest BCUT2D eigenvalue weighted by molar-refractivity contribution is 14.1. The Hall–Kier alpha value is -0.790. The lowest BCUT2D eigenvalue weighted by Crippen LogP contribution is -2.42. The molecular weight excluding hydrogens is 301 g/mol. The molecule has 0 bridgehead atoms. The van der Waals surface area contributed by atoms with Crippen LogP contribution in [0.5, 0.6) is 0 Å². The van der Waals surface area contributed by atoms with Crippen LogP contribution in [0.25, 0.3) is 0 Å². The molecule has 0 saturated carbocycles. The third kappa shape index (κ3) is 5.05. The molecule has 0 fully saturated rings. The monoisotopic (exact) mass is 313 g/mol. The molecule has 5 nitrogen and oxygen atoms in total. The van der Waals surface area contributed by atoms with Crippen LogP contribution in [0.4, 0.5) is 4.79 Å². The summed E-state index contributed by atoms with van der Waals surface area (Å²) in [5.74, 6) is -0.491. The third-order valence-electron chi connectivity index (χ3n) is 1.26. The Morgan fingerprint density at radius 2 is 2.29 bits per heavy atom. The van der Waals surface area contributed by atoms with Crippen molar-refractivity contribution in [2.24, 2.45) is 0 Å². The molecule has 14 heavy (non-hydrogen) atoms. The predicted octanol–water partition coefficient (Wildman–Crippen LogP) is 0.875. The van der Waals surface area contributed by atoms with Gasteiger partial charge in [0.2, 0.25) is 0 Å². The Bertz CT molecular complexity index is 219. The molecule has 0 heterocycles. The normalized spacial score (nSPS) is 11.3. The van der Waals surface area contributed by atoms with E-state index in [-0.39, 0.29) is 6.61 Å². The standard InChI is InChI=1S/C8H12INO4/c1-3-4-14-8(12)10-6(5-9)7(11)13-2/h3,6H,1,4-5H2,2H3,(H,10,12).